The number of likely N-dealkylation sites (N-methyl/N-ethyl adjacent to an activating group) is 1. The van der Waals surface area contributed by atoms with Crippen molar-refractivity contribution in [2.24, 2.45) is 5.41 Å². The zero-order valence-corrected chi connectivity index (χ0v) is 23.6. The van der Waals surface area contributed by atoms with E-state index in [0.29, 0.717) is 42.8 Å². The van der Waals surface area contributed by atoms with Gasteiger partial charge in [0.05, 0.1) is 17.1 Å². The van der Waals surface area contributed by atoms with Gasteiger partial charge in [0.15, 0.2) is 0 Å². The first kappa shape index (κ1) is 29.6. The summed E-state index contributed by atoms with van der Waals surface area (Å²) in [6.45, 7) is 5.00. The number of carbonyl (C=O) groups is 1. The summed E-state index contributed by atoms with van der Waals surface area (Å²) in [5.74, 6) is 0.593. The van der Waals surface area contributed by atoms with Crippen molar-refractivity contribution in [1.82, 2.24) is 14.1 Å². The van der Waals surface area contributed by atoms with Crippen LogP contribution in [-0.4, -0.2) is 81.4 Å². The summed E-state index contributed by atoms with van der Waals surface area (Å²) in [7, 11) is -2.14. The molecule has 0 aromatic heterocycles. The van der Waals surface area contributed by atoms with Crippen LogP contribution >= 0.6 is 11.6 Å². The number of halogens is 4. The first-order valence-electron chi connectivity index (χ1n) is 12.8. The molecule has 2 aromatic carbocycles. The predicted octanol–water partition coefficient (Wildman–Crippen LogP) is 4.68. The van der Waals surface area contributed by atoms with Crippen molar-refractivity contribution in [3.63, 3.8) is 0 Å². The van der Waals surface area contributed by atoms with Gasteiger partial charge in [-0.2, -0.15) is 17.5 Å². The van der Waals surface area contributed by atoms with Crippen LogP contribution in [0, 0.1) is 12.3 Å². The van der Waals surface area contributed by atoms with E-state index in [-0.39, 0.29) is 32.0 Å². The number of nitrogens with zero attached hydrogens (tertiary/aromatic N) is 3. The molecule has 2 aromatic rings. The van der Waals surface area contributed by atoms with Crippen LogP contribution in [0.25, 0.3) is 0 Å². The van der Waals surface area contributed by atoms with Crippen molar-refractivity contribution in [3.8, 4) is 5.75 Å². The van der Waals surface area contributed by atoms with Crippen molar-refractivity contribution in [2.75, 3.05) is 52.9 Å². The Morgan fingerprint density at radius 1 is 1.03 bits per heavy atom. The van der Waals surface area contributed by atoms with Gasteiger partial charge in [-0.1, -0.05) is 17.7 Å². The molecule has 4 rings (SSSR count). The highest BCUT2D eigenvalue weighted by molar-refractivity contribution is 7.89. The Morgan fingerprint density at radius 3 is 2.31 bits per heavy atom. The van der Waals surface area contributed by atoms with Gasteiger partial charge in [0, 0.05) is 56.1 Å². The fraction of sp³-hybridized carbons (Fsp3) is 0.519. The van der Waals surface area contributed by atoms with Crippen molar-refractivity contribution in [3.05, 3.63) is 58.6 Å². The van der Waals surface area contributed by atoms with Gasteiger partial charge < -0.3 is 14.5 Å². The molecular formula is C27H33ClF3N3O4S. The predicted molar refractivity (Wildman–Crippen MR) is 142 cm³/mol. The van der Waals surface area contributed by atoms with Crippen LogP contribution in [0.3, 0.4) is 0 Å². The van der Waals surface area contributed by atoms with E-state index in [9.17, 15) is 26.4 Å². The van der Waals surface area contributed by atoms with Crippen LogP contribution < -0.4 is 4.74 Å². The standard InChI is InChI=1S/C27H33ClF3N3O4S/c1-20-16-22(6-7-24(20)28)38-19-26(18-25(35)33-14-12-32(2)13-15-33)8-10-34(11-9-26)39(36,37)23-5-3-4-21(17-23)27(29,30)31/h3-7,16-17H,8-15,18-19H2,1-2H3. The minimum absolute atomic E-state index is 0.00632. The maximum absolute atomic E-state index is 13.3. The van der Waals surface area contributed by atoms with E-state index < -0.39 is 32.1 Å². The lowest BCUT2D eigenvalue weighted by molar-refractivity contribution is -0.138. The van der Waals surface area contributed by atoms with Crippen LogP contribution in [0.2, 0.25) is 5.02 Å². The summed E-state index contributed by atoms with van der Waals surface area (Å²) in [4.78, 5) is 16.9. The zero-order valence-electron chi connectivity index (χ0n) is 22.0. The molecule has 1 amide bonds. The third-order valence-electron chi connectivity index (χ3n) is 7.64. The Labute approximate surface area is 232 Å². The number of benzene rings is 2. The lowest BCUT2D eigenvalue weighted by atomic mass is 9.76. The van der Waals surface area contributed by atoms with Gasteiger partial charge >= 0.3 is 6.18 Å². The summed E-state index contributed by atoms with van der Waals surface area (Å²) >= 11 is 6.13. The molecule has 0 atom stereocenters. The quantitative estimate of drug-likeness (QED) is 0.470. The number of piperazine rings is 1. The smallest absolute Gasteiger partial charge is 0.416 e. The first-order chi connectivity index (χ1) is 18.3. The number of ether oxygens (including phenoxy) is 1. The van der Waals surface area contributed by atoms with Crippen molar-refractivity contribution < 1.29 is 31.1 Å². The molecule has 12 heteroatoms. The van der Waals surface area contributed by atoms with Crippen LogP contribution in [0.15, 0.2) is 47.4 Å². The molecular weight excluding hydrogens is 555 g/mol. The molecule has 0 radical (unpaired) electrons. The van der Waals surface area contributed by atoms with Gasteiger partial charge in [-0.25, -0.2) is 8.42 Å². The Bertz CT molecular complexity index is 1290. The molecule has 2 aliphatic heterocycles. The fourth-order valence-corrected chi connectivity index (χ4v) is 6.59. The number of hydrogen-bond donors (Lipinski definition) is 0. The fourth-order valence-electron chi connectivity index (χ4n) is 4.99. The number of alkyl halides is 3. The molecule has 7 nitrogen and oxygen atoms in total. The van der Waals surface area contributed by atoms with Gasteiger partial charge in [-0.05, 0) is 68.8 Å². The zero-order chi connectivity index (χ0) is 28.4. The topological polar surface area (TPSA) is 70.2 Å². The number of sulfonamides is 1. The molecule has 39 heavy (non-hydrogen) atoms. The number of piperidine rings is 1. The van der Waals surface area contributed by atoms with Crippen LogP contribution in [0.1, 0.15) is 30.4 Å². The lowest BCUT2D eigenvalue weighted by Gasteiger charge is -2.42. The summed E-state index contributed by atoms with van der Waals surface area (Å²) in [6.07, 6.45) is -3.79. The van der Waals surface area contributed by atoms with E-state index in [2.05, 4.69) is 4.90 Å². The number of aryl methyl sites for hydroxylation is 1. The number of amides is 1. The SMILES string of the molecule is Cc1cc(OCC2(CC(=O)N3CCN(C)CC3)CCN(S(=O)(=O)c3cccc(C(F)(F)F)c3)CC2)ccc1Cl. The second-order valence-electron chi connectivity index (χ2n) is 10.5. The molecule has 0 spiro atoms. The number of hydrogen-bond acceptors (Lipinski definition) is 5. The van der Waals surface area contributed by atoms with Crippen molar-refractivity contribution >= 4 is 27.5 Å². The van der Waals surface area contributed by atoms with Crippen LogP contribution in [-0.2, 0) is 21.0 Å². The minimum atomic E-state index is -4.65. The summed E-state index contributed by atoms with van der Waals surface area (Å²) in [5.41, 5.74) is -0.800. The third kappa shape index (κ3) is 7.06. The highest BCUT2D eigenvalue weighted by Gasteiger charge is 2.42. The molecule has 2 saturated heterocycles. The van der Waals surface area contributed by atoms with Crippen LogP contribution in [0.5, 0.6) is 5.75 Å². The maximum atomic E-state index is 13.3. The highest BCUT2D eigenvalue weighted by Crippen LogP contribution is 2.39. The third-order valence-corrected chi connectivity index (χ3v) is 9.96. The Morgan fingerprint density at radius 2 is 1.69 bits per heavy atom. The van der Waals surface area contributed by atoms with Gasteiger partial charge in [-0.3, -0.25) is 4.79 Å². The molecule has 2 fully saturated rings. The second kappa shape index (κ2) is 11.6. The van der Waals surface area contributed by atoms with E-state index >= 15 is 0 Å². The molecule has 2 heterocycles. The molecule has 214 valence electrons. The molecule has 0 N–H and O–H groups in total. The Kier molecular flexibility index (Phi) is 8.85. The lowest BCUT2D eigenvalue weighted by Crippen LogP contribution is -2.51. The molecule has 0 bridgehead atoms. The van der Waals surface area contributed by atoms with Crippen molar-refractivity contribution in [1.29, 1.82) is 0 Å². The normalized spacial score (nSPS) is 19.2. The van der Waals surface area contributed by atoms with E-state index in [1.807, 2.05) is 24.9 Å². The number of rotatable bonds is 7. The van der Waals surface area contributed by atoms with Crippen molar-refractivity contribution in [2.45, 2.75) is 37.3 Å². The average molecular weight is 588 g/mol. The minimum Gasteiger partial charge on any atom is -0.493 e. The molecule has 0 unspecified atom stereocenters. The summed E-state index contributed by atoms with van der Waals surface area (Å²) in [5, 5.41) is 0.607. The average Bonchev–Trinajstić information content (AvgIpc) is 2.89. The number of carbonyl (C=O) groups excluding carboxylic acids is 1. The largest absolute Gasteiger partial charge is 0.493 e. The summed E-state index contributed by atoms with van der Waals surface area (Å²) in [6, 6.07) is 9.08. The van der Waals surface area contributed by atoms with Gasteiger partial charge in [0.25, 0.3) is 0 Å². The van der Waals surface area contributed by atoms with Crippen LogP contribution in [0.4, 0.5) is 13.2 Å². The second-order valence-corrected chi connectivity index (χ2v) is 12.8. The van der Waals surface area contributed by atoms with E-state index in [0.717, 1.165) is 30.8 Å². The van der Waals surface area contributed by atoms with E-state index in [4.69, 9.17) is 16.3 Å². The van der Waals surface area contributed by atoms with Gasteiger partial charge in [-0.15, -0.1) is 0 Å². The van der Waals surface area contributed by atoms with Gasteiger partial charge in [0.2, 0.25) is 15.9 Å². The monoisotopic (exact) mass is 587 g/mol. The highest BCUT2D eigenvalue weighted by atomic mass is 35.5. The molecule has 2 aliphatic rings. The Hall–Kier alpha value is -2.34. The molecule has 0 aliphatic carbocycles. The van der Waals surface area contributed by atoms with E-state index in [1.54, 1.807) is 12.1 Å². The van der Waals surface area contributed by atoms with E-state index in [1.165, 1.54) is 10.4 Å². The van der Waals surface area contributed by atoms with Gasteiger partial charge in [0.1, 0.15) is 5.75 Å². The Balaban J connectivity index is 1.51. The maximum Gasteiger partial charge on any atom is 0.416 e. The first-order valence-corrected chi connectivity index (χ1v) is 14.6. The molecule has 0 saturated carbocycles. The summed E-state index contributed by atoms with van der Waals surface area (Å²) < 4.78 is 73.4.